The first-order chi connectivity index (χ1) is 31.5. The number of fused-ring (bicyclic) bond motifs is 10. The van der Waals surface area contributed by atoms with E-state index in [0.29, 0.717) is 22.3 Å². The highest BCUT2D eigenvalue weighted by Gasteiger charge is 2.32. The van der Waals surface area contributed by atoms with Crippen LogP contribution in [0.2, 0.25) is 0 Å². The fourth-order valence-corrected chi connectivity index (χ4v) is 12.4. The highest BCUT2D eigenvalue weighted by molar-refractivity contribution is 8.04. The molecule has 64 heavy (non-hydrogen) atoms. The Kier molecular flexibility index (Phi) is 12.7. The number of hydrogen-bond acceptors (Lipinski definition) is 2. The van der Waals surface area contributed by atoms with E-state index in [-0.39, 0.29) is 0 Å². The van der Waals surface area contributed by atoms with E-state index in [2.05, 4.69) is 200 Å². The molecule has 2 aliphatic heterocycles. The number of allylic oxidation sites excluding steroid dienone is 12. The molecular formula is C60H56N2S2. The third-order valence-corrected chi connectivity index (χ3v) is 15.3. The van der Waals surface area contributed by atoms with Crippen LogP contribution in [0.5, 0.6) is 0 Å². The Balaban J connectivity index is 0.000000601. The van der Waals surface area contributed by atoms with Crippen molar-refractivity contribution in [3.05, 3.63) is 216 Å². The first-order valence-corrected chi connectivity index (χ1v) is 24.5. The van der Waals surface area contributed by atoms with Crippen molar-refractivity contribution in [2.75, 3.05) is 0 Å². The molecule has 0 spiro atoms. The standard InChI is InChI=1S/C52H40N2S2.C6H10.C2H6/c1-4-12-41-43-28-21-34-30-49-45(31-44(34)52(43)56-50(41)5-2)39-14-7-10-17-47(39)54(49)36-24-22-35(23-25-36)53-46-16-9-6-13-38(46)40-27-20-33(29-48(40)53)19-26-37-32(3)55-51-18-11-8-15-42(37)51;1-3-5-6-4-2;1-2/h4-31,41-42,50-51H,2H2,1,3H3;3-6H,1-2H3;1-2H3/b12-4-,26-19-;5-3-,6-4-;. The molecule has 0 fully saturated rings. The van der Waals surface area contributed by atoms with Crippen molar-refractivity contribution in [3.8, 4) is 11.4 Å². The van der Waals surface area contributed by atoms with Crippen LogP contribution in [-0.4, -0.2) is 19.6 Å². The van der Waals surface area contributed by atoms with Gasteiger partial charge in [-0.2, -0.15) is 0 Å². The van der Waals surface area contributed by atoms with Gasteiger partial charge in [-0.25, -0.2) is 0 Å². The topological polar surface area (TPSA) is 9.86 Å². The molecule has 8 aromatic rings. The van der Waals surface area contributed by atoms with Crippen LogP contribution in [0.4, 0.5) is 0 Å². The molecular weight excluding hydrogens is 813 g/mol. The maximum Gasteiger partial charge on any atom is 0.0547 e. The summed E-state index contributed by atoms with van der Waals surface area (Å²) >= 11 is 3.94. The van der Waals surface area contributed by atoms with Gasteiger partial charge in [0.25, 0.3) is 0 Å². The molecule has 6 aromatic carbocycles. The monoisotopic (exact) mass is 868 g/mol. The largest absolute Gasteiger partial charge is 0.309 e. The van der Waals surface area contributed by atoms with Gasteiger partial charge in [0, 0.05) is 60.2 Å². The minimum absolute atomic E-state index is 0.345. The molecule has 4 heteroatoms. The molecule has 2 aromatic heterocycles. The van der Waals surface area contributed by atoms with Crippen LogP contribution < -0.4 is 0 Å². The molecule has 0 saturated carbocycles. The lowest BCUT2D eigenvalue weighted by Crippen LogP contribution is -2.11. The van der Waals surface area contributed by atoms with Crippen molar-refractivity contribution < 1.29 is 0 Å². The summed E-state index contributed by atoms with van der Waals surface area (Å²) in [7, 11) is 0. The quantitative estimate of drug-likeness (QED) is 0.117. The van der Waals surface area contributed by atoms with E-state index >= 15 is 0 Å². The van der Waals surface area contributed by atoms with Gasteiger partial charge >= 0.3 is 0 Å². The van der Waals surface area contributed by atoms with Gasteiger partial charge in [0.05, 0.1) is 22.1 Å². The normalized spacial score (nSPS) is 19.2. The lowest BCUT2D eigenvalue weighted by atomic mass is 9.91. The van der Waals surface area contributed by atoms with Crippen molar-refractivity contribution in [3.63, 3.8) is 0 Å². The third kappa shape index (κ3) is 7.67. The van der Waals surface area contributed by atoms with E-state index in [1.54, 1.807) is 0 Å². The average molecular weight is 869 g/mol. The van der Waals surface area contributed by atoms with Gasteiger partial charge in [0.2, 0.25) is 0 Å². The Labute approximate surface area is 387 Å². The number of nitrogens with zero attached hydrogens (tertiary/aromatic N) is 2. The van der Waals surface area contributed by atoms with Gasteiger partial charge in [0.1, 0.15) is 0 Å². The van der Waals surface area contributed by atoms with Gasteiger partial charge in [-0.3, -0.25) is 0 Å². The van der Waals surface area contributed by atoms with Gasteiger partial charge in [-0.15, -0.1) is 30.1 Å². The molecule has 0 saturated heterocycles. The zero-order valence-electron chi connectivity index (χ0n) is 37.7. The van der Waals surface area contributed by atoms with E-state index in [4.69, 9.17) is 0 Å². The first kappa shape index (κ1) is 43.1. The van der Waals surface area contributed by atoms with Crippen molar-refractivity contribution in [2.24, 2.45) is 5.92 Å². The molecule has 318 valence electrons. The second-order valence-electron chi connectivity index (χ2n) is 16.2. The first-order valence-electron chi connectivity index (χ1n) is 22.7. The number of hydrogen-bond donors (Lipinski definition) is 0. The fraction of sp³-hybridized carbons (Fsp3) is 0.167. The fourth-order valence-electron chi connectivity index (χ4n) is 9.69. The molecule has 4 heterocycles. The average Bonchev–Trinajstić information content (AvgIpc) is 4.07. The summed E-state index contributed by atoms with van der Waals surface area (Å²) < 4.78 is 4.87. The van der Waals surface area contributed by atoms with E-state index in [9.17, 15) is 0 Å². The Morgan fingerprint density at radius 2 is 1.20 bits per heavy atom. The van der Waals surface area contributed by atoms with Crippen molar-refractivity contribution >= 4 is 84.0 Å². The van der Waals surface area contributed by atoms with Crippen molar-refractivity contribution in [1.82, 2.24) is 9.13 Å². The van der Waals surface area contributed by atoms with Crippen LogP contribution in [0.1, 0.15) is 58.6 Å². The number of para-hydroxylation sites is 2. The molecule has 0 bridgehead atoms. The zero-order chi connectivity index (χ0) is 44.3. The molecule has 3 aliphatic rings. The summed E-state index contributed by atoms with van der Waals surface area (Å²) in [6.07, 6.45) is 28.3. The molecule has 0 amide bonds. The van der Waals surface area contributed by atoms with Crippen LogP contribution in [0.15, 0.2) is 210 Å². The summed E-state index contributed by atoms with van der Waals surface area (Å²) in [6.45, 7) is 16.6. The highest BCUT2D eigenvalue weighted by Crippen LogP contribution is 2.51. The maximum absolute atomic E-state index is 4.19. The van der Waals surface area contributed by atoms with Crippen LogP contribution >= 0.6 is 23.5 Å². The van der Waals surface area contributed by atoms with Crippen LogP contribution in [0, 0.1) is 5.92 Å². The summed E-state index contributed by atoms with van der Waals surface area (Å²) in [5.41, 5.74) is 11.2. The van der Waals surface area contributed by atoms with Gasteiger partial charge in [-0.1, -0.05) is 153 Å². The minimum Gasteiger partial charge on any atom is -0.309 e. The van der Waals surface area contributed by atoms with E-state index in [1.807, 2.05) is 75.5 Å². The lowest BCUT2D eigenvalue weighted by molar-refractivity contribution is 0.819. The predicted octanol–water partition coefficient (Wildman–Crippen LogP) is 17.7. The SMILES string of the molecule is C/C=C\C=C/C.C=CC1Sc2c(ccc3cc4c(cc23)c2ccccc2n4-c2ccc(-n3c4ccccc4c4ccc(/C=C\C5=C(C)SC6C=CC=CC56)cc43)cc2)C1/C=C\C.CC. The van der Waals surface area contributed by atoms with Gasteiger partial charge in [0.15, 0.2) is 0 Å². The van der Waals surface area contributed by atoms with E-state index in [1.165, 1.54) is 80.9 Å². The van der Waals surface area contributed by atoms with Crippen LogP contribution in [-0.2, 0) is 0 Å². The van der Waals surface area contributed by atoms with Gasteiger partial charge < -0.3 is 9.13 Å². The molecule has 11 rings (SSSR count). The summed E-state index contributed by atoms with van der Waals surface area (Å²) in [4.78, 5) is 2.81. The Morgan fingerprint density at radius 3 is 1.86 bits per heavy atom. The second-order valence-corrected chi connectivity index (χ2v) is 18.8. The Bertz CT molecular complexity index is 3260. The van der Waals surface area contributed by atoms with Crippen molar-refractivity contribution in [2.45, 2.75) is 62.9 Å². The molecule has 0 N–H and O–H groups in total. The Hall–Kier alpha value is -6.20. The summed E-state index contributed by atoms with van der Waals surface area (Å²) in [5.74, 6) is 0.803. The van der Waals surface area contributed by atoms with Crippen LogP contribution in [0.3, 0.4) is 0 Å². The van der Waals surface area contributed by atoms with Crippen molar-refractivity contribution in [1.29, 1.82) is 0 Å². The van der Waals surface area contributed by atoms with Gasteiger partial charge in [-0.05, 0) is 115 Å². The highest BCUT2D eigenvalue weighted by atomic mass is 32.2. The predicted molar refractivity (Wildman–Crippen MR) is 286 cm³/mol. The third-order valence-electron chi connectivity index (χ3n) is 12.6. The zero-order valence-corrected chi connectivity index (χ0v) is 39.3. The number of thioether (sulfide) groups is 2. The number of rotatable bonds is 7. The number of benzene rings is 6. The minimum atomic E-state index is 0.345. The number of aromatic nitrogens is 2. The van der Waals surface area contributed by atoms with Crippen LogP contribution in [0.25, 0.3) is 71.8 Å². The van der Waals surface area contributed by atoms with E-state index < -0.39 is 0 Å². The lowest BCUT2D eigenvalue weighted by Gasteiger charge is -2.16. The molecule has 1 aliphatic carbocycles. The second kappa shape index (κ2) is 18.9. The molecule has 2 nitrogen and oxygen atoms in total. The smallest absolute Gasteiger partial charge is 0.0547 e. The Morgan fingerprint density at radius 1 is 0.578 bits per heavy atom. The molecule has 4 unspecified atom stereocenters. The van der Waals surface area contributed by atoms with E-state index in [0.717, 1.165) is 11.4 Å². The molecule has 0 radical (unpaired) electrons. The summed E-state index contributed by atoms with van der Waals surface area (Å²) in [6, 6.07) is 43.2. The summed E-state index contributed by atoms with van der Waals surface area (Å²) in [5, 5.41) is 8.55. The maximum atomic E-state index is 4.19. The molecule has 4 atom stereocenters.